The third kappa shape index (κ3) is 3.25. The van der Waals surface area contributed by atoms with Gasteiger partial charge in [-0.3, -0.25) is 0 Å². The molecule has 1 aliphatic rings. The number of nitrogen functional groups attached to an aromatic ring is 1. The number of ether oxygens (including phenoxy) is 1. The molecule has 1 fully saturated rings. The topological polar surface area (TPSA) is 67.6 Å². The monoisotopic (exact) mass is 289 g/mol. The van der Waals surface area contributed by atoms with Gasteiger partial charge < -0.3 is 20.7 Å². The fourth-order valence-electron chi connectivity index (χ4n) is 1.85. The van der Waals surface area contributed by atoms with Gasteiger partial charge in [0.2, 0.25) is 0 Å². The molecule has 1 aromatic rings. The maximum atomic E-state index is 12.5. The summed E-state index contributed by atoms with van der Waals surface area (Å²) in [4.78, 5) is 12.8. The molecule has 8 heteroatoms. The molecule has 0 radical (unpaired) electrons. The van der Waals surface area contributed by atoms with Crippen molar-refractivity contribution in [1.82, 2.24) is 10.2 Å². The number of hydrogen-bond donors (Lipinski definition) is 2. The van der Waals surface area contributed by atoms with E-state index in [0.29, 0.717) is 19.6 Å². The highest BCUT2D eigenvalue weighted by Gasteiger charge is 2.31. The van der Waals surface area contributed by atoms with Gasteiger partial charge in [0, 0.05) is 13.1 Å². The van der Waals surface area contributed by atoms with E-state index in [2.05, 4.69) is 5.32 Å². The van der Waals surface area contributed by atoms with Crippen LogP contribution in [0.2, 0.25) is 0 Å². The molecule has 2 amide bonds. The number of halogens is 3. The first-order chi connectivity index (χ1) is 9.38. The van der Waals surface area contributed by atoms with Gasteiger partial charge in [-0.1, -0.05) is 0 Å². The van der Waals surface area contributed by atoms with Gasteiger partial charge >= 0.3 is 12.2 Å². The minimum absolute atomic E-state index is 0.0781. The lowest BCUT2D eigenvalue weighted by Crippen LogP contribution is -2.31. The molecule has 0 saturated carbocycles. The van der Waals surface area contributed by atoms with Crippen molar-refractivity contribution in [3.05, 3.63) is 23.8 Å². The molecule has 2 rings (SSSR count). The van der Waals surface area contributed by atoms with E-state index in [0.717, 1.165) is 12.1 Å². The summed E-state index contributed by atoms with van der Waals surface area (Å²) in [5.74, 6) is 0.178. The molecule has 0 aliphatic carbocycles. The number of carbonyl (C=O) groups is 1. The summed E-state index contributed by atoms with van der Waals surface area (Å²) in [6, 6.07) is 2.75. The number of hydrogen-bond acceptors (Lipinski definition) is 3. The third-order valence-corrected chi connectivity index (χ3v) is 2.90. The molecular weight excluding hydrogens is 275 g/mol. The second-order valence-corrected chi connectivity index (χ2v) is 4.32. The van der Waals surface area contributed by atoms with Crippen molar-refractivity contribution >= 4 is 11.7 Å². The Balaban J connectivity index is 1.91. The zero-order valence-electron chi connectivity index (χ0n) is 10.5. The second-order valence-electron chi connectivity index (χ2n) is 4.32. The van der Waals surface area contributed by atoms with Crippen LogP contribution in [0.3, 0.4) is 0 Å². The molecule has 0 aromatic heterocycles. The first-order valence-corrected chi connectivity index (χ1v) is 6.00. The highest BCUT2D eigenvalue weighted by atomic mass is 19.4. The van der Waals surface area contributed by atoms with Crippen LogP contribution >= 0.6 is 0 Å². The summed E-state index contributed by atoms with van der Waals surface area (Å²) in [5.41, 5.74) is 4.63. The number of alkyl halides is 3. The summed E-state index contributed by atoms with van der Waals surface area (Å²) >= 11 is 0. The quantitative estimate of drug-likeness (QED) is 0.829. The molecule has 1 saturated heterocycles. The fraction of sp³-hybridized carbons (Fsp3) is 0.417. The van der Waals surface area contributed by atoms with Crippen LogP contribution in [-0.4, -0.2) is 37.2 Å². The van der Waals surface area contributed by atoms with Crippen molar-refractivity contribution in [2.75, 3.05) is 32.0 Å². The third-order valence-electron chi connectivity index (χ3n) is 2.90. The van der Waals surface area contributed by atoms with E-state index in [9.17, 15) is 18.0 Å². The van der Waals surface area contributed by atoms with Crippen LogP contribution in [-0.2, 0) is 6.18 Å². The zero-order chi connectivity index (χ0) is 14.8. The smallest absolute Gasteiger partial charge is 0.416 e. The summed E-state index contributed by atoms with van der Waals surface area (Å²) in [6.45, 7) is 1.70. The SMILES string of the molecule is Nc1cc(C(F)(F)F)ccc1OCCN1CCNC1=O. The predicted octanol–water partition coefficient (Wildman–Crippen LogP) is 1.69. The van der Waals surface area contributed by atoms with Gasteiger partial charge in [0.25, 0.3) is 0 Å². The zero-order valence-corrected chi connectivity index (χ0v) is 10.5. The number of rotatable bonds is 4. The van der Waals surface area contributed by atoms with Gasteiger partial charge in [0.1, 0.15) is 12.4 Å². The number of carbonyl (C=O) groups excluding carboxylic acids is 1. The van der Waals surface area contributed by atoms with Crippen molar-refractivity contribution in [1.29, 1.82) is 0 Å². The van der Waals surface area contributed by atoms with E-state index >= 15 is 0 Å². The number of anilines is 1. The average Bonchev–Trinajstić information content (AvgIpc) is 2.76. The largest absolute Gasteiger partial charge is 0.490 e. The molecular formula is C12H14F3N3O2. The van der Waals surface area contributed by atoms with Crippen LogP contribution in [0, 0.1) is 0 Å². The number of amides is 2. The van der Waals surface area contributed by atoms with Crippen molar-refractivity contribution in [2.45, 2.75) is 6.18 Å². The Kier molecular flexibility index (Phi) is 3.91. The maximum Gasteiger partial charge on any atom is 0.416 e. The molecule has 0 bridgehead atoms. The number of urea groups is 1. The van der Waals surface area contributed by atoms with Crippen LogP contribution in [0.25, 0.3) is 0 Å². The summed E-state index contributed by atoms with van der Waals surface area (Å²) in [6.07, 6.45) is -4.43. The molecule has 0 unspecified atom stereocenters. The molecule has 5 nitrogen and oxygen atoms in total. The van der Waals surface area contributed by atoms with Crippen molar-refractivity contribution in [3.63, 3.8) is 0 Å². The van der Waals surface area contributed by atoms with Gasteiger partial charge in [-0.05, 0) is 18.2 Å². The van der Waals surface area contributed by atoms with Gasteiger partial charge in [0.15, 0.2) is 0 Å². The Labute approximate surface area is 113 Å². The normalized spacial score (nSPS) is 15.3. The Morgan fingerprint density at radius 2 is 2.15 bits per heavy atom. The van der Waals surface area contributed by atoms with Crippen LogP contribution < -0.4 is 15.8 Å². The summed E-state index contributed by atoms with van der Waals surface area (Å²) < 4.78 is 42.7. The van der Waals surface area contributed by atoms with Crippen molar-refractivity contribution in [2.24, 2.45) is 0 Å². The highest BCUT2D eigenvalue weighted by Crippen LogP contribution is 2.33. The summed E-state index contributed by atoms with van der Waals surface area (Å²) in [5, 5.41) is 2.64. The molecule has 110 valence electrons. The molecule has 0 atom stereocenters. The second kappa shape index (κ2) is 5.48. The van der Waals surface area contributed by atoms with Crippen LogP contribution in [0.15, 0.2) is 18.2 Å². The number of nitrogens with two attached hydrogens (primary N) is 1. The van der Waals surface area contributed by atoms with Gasteiger partial charge in [-0.15, -0.1) is 0 Å². The Morgan fingerprint density at radius 3 is 2.70 bits per heavy atom. The molecule has 1 heterocycles. The van der Waals surface area contributed by atoms with Crippen LogP contribution in [0.4, 0.5) is 23.7 Å². The molecule has 0 spiro atoms. The molecule has 3 N–H and O–H groups in total. The molecule has 1 aliphatic heterocycles. The molecule has 1 aromatic carbocycles. The highest BCUT2D eigenvalue weighted by molar-refractivity contribution is 5.76. The molecule has 20 heavy (non-hydrogen) atoms. The van der Waals surface area contributed by atoms with E-state index < -0.39 is 11.7 Å². The van der Waals surface area contributed by atoms with E-state index in [-0.39, 0.29) is 24.1 Å². The lowest BCUT2D eigenvalue weighted by Gasteiger charge is -2.16. The average molecular weight is 289 g/mol. The van der Waals surface area contributed by atoms with E-state index in [1.807, 2.05) is 0 Å². The summed E-state index contributed by atoms with van der Waals surface area (Å²) in [7, 11) is 0. The first-order valence-electron chi connectivity index (χ1n) is 6.00. The fourth-order valence-corrected chi connectivity index (χ4v) is 1.85. The lowest BCUT2D eigenvalue weighted by molar-refractivity contribution is -0.137. The van der Waals surface area contributed by atoms with E-state index in [1.54, 1.807) is 4.90 Å². The van der Waals surface area contributed by atoms with Gasteiger partial charge in [0.05, 0.1) is 17.8 Å². The first kappa shape index (κ1) is 14.3. The standard InChI is InChI=1S/C12H14F3N3O2/c13-12(14,15)8-1-2-10(9(16)7-8)20-6-5-18-4-3-17-11(18)19/h1-2,7H,3-6,16H2,(H,17,19). The minimum Gasteiger partial charge on any atom is -0.490 e. The minimum atomic E-state index is -4.43. The van der Waals surface area contributed by atoms with Crippen molar-refractivity contribution in [3.8, 4) is 5.75 Å². The lowest BCUT2D eigenvalue weighted by atomic mass is 10.2. The van der Waals surface area contributed by atoms with E-state index in [1.165, 1.54) is 6.07 Å². The number of nitrogens with one attached hydrogen (secondary N) is 1. The number of nitrogens with zero attached hydrogens (tertiary/aromatic N) is 1. The van der Waals surface area contributed by atoms with Gasteiger partial charge in [-0.25, -0.2) is 4.79 Å². The maximum absolute atomic E-state index is 12.5. The van der Waals surface area contributed by atoms with Crippen LogP contribution in [0.5, 0.6) is 5.75 Å². The number of benzene rings is 1. The van der Waals surface area contributed by atoms with E-state index in [4.69, 9.17) is 10.5 Å². The Morgan fingerprint density at radius 1 is 1.40 bits per heavy atom. The van der Waals surface area contributed by atoms with Gasteiger partial charge in [-0.2, -0.15) is 13.2 Å². The van der Waals surface area contributed by atoms with Crippen LogP contribution in [0.1, 0.15) is 5.56 Å². The Hall–Kier alpha value is -2.12. The Bertz CT molecular complexity index is 505. The predicted molar refractivity (Wildman–Crippen MR) is 66.3 cm³/mol. The van der Waals surface area contributed by atoms with Crippen molar-refractivity contribution < 1.29 is 22.7 Å².